The molecule has 5 nitrogen and oxygen atoms in total. The second-order valence-corrected chi connectivity index (χ2v) is 7.67. The monoisotopic (exact) mass is 363 g/mol. The first-order valence-corrected chi connectivity index (χ1v) is 9.64. The summed E-state index contributed by atoms with van der Waals surface area (Å²) >= 11 is 0. The van der Waals surface area contributed by atoms with Crippen molar-refractivity contribution in [3.05, 3.63) is 52.6 Å². The molecule has 2 rings (SSSR count). The third kappa shape index (κ3) is 4.52. The zero-order chi connectivity index (χ0) is 18.6. The molecule has 6 heteroatoms. The summed E-state index contributed by atoms with van der Waals surface area (Å²) in [7, 11) is -2.03. The van der Waals surface area contributed by atoms with Crippen LogP contribution in [0.2, 0.25) is 0 Å². The average Bonchev–Trinajstić information content (AvgIpc) is 2.52. The number of rotatable bonds is 7. The molecule has 0 unspecified atom stereocenters. The van der Waals surface area contributed by atoms with Crippen LogP contribution < -0.4 is 14.2 Å². The molecular weight excluding hydrogens is 338 g/mol. The molecule has 0 amide bonds. The molecule has 1 N–H and O–H groups in total. The first-order chi connectivity index (χ1) is 11.8. The van der Waals surface area contributed by atoms with Gasteiger partial charge in [-0.2, -0.15) is 0 Å². The van der Waals surface area contributed by atoms with Gasteiger partial charge in [0, 0.05) is 6.54 Å². The summed E-state index contributed by atoms with van der Waals surface area (Å²) in [5.41, 5.74) is 3.34. The molecule has 0 saturated carbocycles. The number of hydrogen-bond donors (Lipinski definition) is 1. The summed E-state index contributed by atoms with van der Waals surface area (Å²) in [6.45, 7) is 8.16. The smallest absolute Gasteiger partial charge is 0.241 e. The third-order valence-corrected chi connectivity index (χ3v) is 5.57. The molecule has 0 aliphatic heterocycles. The minimum Gasteiger partial charge on any atom is -0.493 e. The van der Waals surface area contributed by atoms with Gasteiger partial charge in [-0.05, 0) is 56.5 Å². The van der Waals surface area contributed by atoms with Crippen molar-refractivity contribution in [2.24, 2.45) is 0 Å². The lowest BCUT2D eigenvalue weighted by Gasteiger charge is -2.14. The van der Waals surface area contributed by atoms with Gasteiger partial charge >= 0.3 is 0 Å². The predicted octanol–water partition coefficient (Wildman–Crippen LogP) is 3.50. The van der Waals surface area contributed by atoms with E-state index >= 15 is 0 Å². The van der Waals surface area contributed by atoms with Gasteiger partial charge in [0.15, 0.2) is 11.5 Å². The van der Waals surface area contributed by atoms with Crippen molar-refractivity contribution in [1.29, 1.82) is 0 Å². The summed E-state index contributed by atoms with van der Waals surface area (Å²) in [6.07, 6.45) is 0. The fourth-order valence-corrected chi connectivity index (χ4v) is 4.41. The maximum absolute atomic E-state index is 12.7. The van der Waals surface area contributed by atoms with Gasteiger partial charge in [-0.1, -0.05) is 23.8 Å². The van der Waals surface area contributed by atoms with Crippen molar-refractivity contribution in [3.63, 3.8) is 0 Å². The van der Waals surface area contributed by atoms with Crippen molar-refractivity contribution in [1.82, 2.24) is 4.72 Å². The van der Waals surface area contributed by atoms with Crippen LogP contribution in [0.5, 0.6) is 11.5 Å². The zero-order valence-corrected chi connectivity index (χ0v) is 16.2. The Morgan fingerprint density at radius 3 is 2.20 bits per heavy atom. The molecule has 0 aliphatic carbocycles. The van der Waals surface area contributed by atoms with Crippen LogP contribution in [-0.4, -0.2) is 22.1 Å². The molecule has 0 bridgehead atoms. The molecule has 0 saturated heterocycles. The summed E-state index contributed by atoms with van der Waals surface area (Å²) in [6, 6.07) is 9.14. The minimum atomic E-state index is -3.60. The highest BCUT2D eigenvalue weighted by atomic mass is 32.2. The molecule has 0 fully saturated rings. The van der Waals surface area contributed by atoms with E-state index in [1.54, 1.807) is 19.2 Å². The van der Waals surface area contributed by atoms with E-state index in [0.29, 0.717) is 23.0 Å². The van der Waals surface area contributed by atoms with Crippen LogP contribution in [0.25, 0.3) is 0 Å². The largest absolute Gasteiger partial charge is 0.493 e. The minimum absolute atomic E-state index is 0.180. The van der Waals surface area contributed by atoms with E-state index in [-0.39, 0.29) is 6.54 Å². The highest BCUT2D eigenvalue weighted by molar-refractivity contribution is 7.89. The molecule has 25 heavy (non-hydrogen) atoms. The van der Waals surface area contributed by atoms with Crippen molar-refractivity contribution < 1.29 is 17.9 Å². The van der Waals surface area contributed by atoms with Gasteiger partial charge in [-0.15, -0.1) is 0 Å². The average molecular weight is 363 g/mol. The van der Waals surface area contributed by atoms with Crippen LogP contribution in [0.3, 0.4) is 0 Å². The lowest BCUT2D eigenvalue weighted by molar-refractivity contribution is 0.310. The van der Waals surface area contributed by atoms with Crippen LogP contribution in [-0.2, 0) is 16.6 Å². The number of sulfonamides is 1. The molecule has 0 atom stereocenters. The fourth-order valence-electron chi connectivity index (χ4n) is 2.94. The van der Waals surface area contributed by atoms with Crippen molar-refractivity contribution in [2.75, 3.05) is 13.7 Å². The number of methoxy groups -OCH3 is 1. The van der Waals surface area contributed by atoms with Crippen LogP contribution in [0, 0.1) is 20.8 Å². The molecule has 2 aromatic rings. The number of ether oxygens (including phenoxy) is 2. The molecule has 2 aromatic carbocycles. The maximum atomic E-state index is 12.7. The zero-order valence-electron chi connectivity index (χ0n) is 15.3. The Morgan fingerprint density at radius 2 is 1.64 bits per heavy atom. The van der Waals surface area contributed by atoms with Gasteiger partial charge in [-0.3, -0.25) is 0 Å². The second-order valence-electron chi connectivity index (χ2n) is 5.97. The molecule has 0 heterocycles. The Bertz CT molecular complexity index is 837. The number of nitrogens with one attached hydrogen (secondary N) is 1. The molecule has 0 radical (unpaired) electrons. The standard InChI is InChI=1S/C19H25NO4S/c1-6-24-18-11-16(7-8-17(18)23-5)12-20-25(21,22)19-14(3)9-13(2)10-15(19)4/h7-11,20H,6,12H2,1-5H3. The van der Waals surface area contributed by atoms with Crippen LogP contribution in [0.4, 0.5) is 0 Å². The SMILES string of the molecule is CCOc1cc(CNS(=O)(=O)c2c(C)cc(C)cc2C)ccc1OC. The Balaban J connectivity index is 2.25. The highest BCUT2D eigenvalue weighted by Crippen LogP contribution is 2.28. The molecular formula is C19H25NO4S. The normalized spacial score (nSPS) is 11.4. The van der Waals surface area contributed by atoms with Crippen molar-refractivity contribution in [3.8, 4) is 11.5 Å². The molecule has 136 valence electrons. The fraction of sp³-hybridized carbons (Fsp3) is 0.368. The van der Waals surface area contributed by atoms with E-state index in [0.717, 1.165) is 22.3 Å². The number of benzene rings is 2. The van der Waals surface area contributed by atoms with Crippen molar-refractivity contribution >= 4 is 10.0 Å². The Morgan fingerprint density at radius 1 is 1.00 bits per heavy atom. The van der Waals surface area contributed by atoms with Gasteiger partial charge in [0.2, 0.25) is 10.0 Å². The van der Waals surface area contributed by atoms with E-state index < -0.39 is 10.0 Å². The van der Waals surface area contributed by atoms with E-state index in [9.17, 15) is 8.42 Å². The lowest BCUT2D eigenvalue weighted by atomic mass is 10.1. The first-order valence-electron chi connectivity index (χ1n) is 8.15. The van der Waals surface area contributed by atoms with E-state index in [1.807, 2.05) is 45.9 Å². The Labute approximate surface area is 150 Å². The third-order valence-electron chi connectivity index (χ3n) is 3.87. The molecule has 0 aromatic heterocycles. The van der Waals surface area contributed by atoms with Crippen LogP contribution in [0.15, 0.2) is 35.2 Å². The number of hydrogen-bond acceptors (Lipinski definition) is 4. The van der Waals surface area contributed by atoms with E-state index in [2.05, 4.69) is 4.72 Å². The summed E-state index contributed by atoms with van der Waals surface area (Å²) < 4.78 is 38.9. The lowest BCUT2D eigenvalue weighted by Crippen LogP contribution is -2.25. The van der Waals surface area contributed by atoms with Gasteiger partial charge in [0.05, 0.1) is 18.6 Å². The molecule has 0 aliphatic rings. The van der Waals surface area contributed by atoms with Gasteiger partial charge < -0.3 is 9.47 Å². The van der Waals surface area contributed by atoms with E-state index in [4.69, 9.17) is 9.47 Å². The second kappa shape index (κ2) is 7.89. The topological polar surface area (TPSA) is 64.6 Å². The van der Waals surface area contributed by atoms with E-state index in [1.165, 1.54) is 0 Å². The Hall–Kier alpha value is -2.05. The predicted molar refractivity (Wildman–Crippen MR) is 98.8 cm³/mol. The van der Waals surface area contributed by atoms with Crippen molar-refractivity contribution in [2.45, 2.75) is 39.1 Å². The highest BCUT2D eigenvalue weighted by Gasteiger charge is 2.19. The molecule has 0 spiro atoms. The first kappa shape index (κ1) is 19.3. The number of aryl methyl sites for hydroxylation is 3. The maximum Gasteiger partial charge on any atom is 0.241 e. The summed E-state index contributed by atoms with van der Waals surface area (Å²) in [5.74, 6) is 1.23. The van der Waals surface area contributed by atoms with Gasteiger partial charge in [-0.25, -0.2) is 13.1 Å². The van der Waals surface area contributed by atoms with Crippen LogP contribution in [0.1, 0.15) is 29.2 Å². The summed E-state index contributed by atoms with van der Waals surface area (Å²) in [4.78, 5) is 0.344. The Kier molecular flexibility index (Phi) is 6.08. The summed E-state index contributed by atoms with van der Waals surface area (Å²) in [5, 5.41) is 0. The quantitative estimate of drug-likeness (QED) is 0.818. The van der Waals surface area contributed by atoms with Gasteiger partial charge in [0.25, 0.3) is 0 Å². The van der Waals surface area contributed by atoms with Gasteiger partial charge in [0.1, 0.15) is 0 Å². The van der Waals surface area contributed by atoms with Crippen LogP contribution >= 0.6 is 0 Å².